The molecule has 0 aliphatic carbocycles. The van der Waals surface area contributed by atoms with E-state index in [9.17, 15) is 13.6 Å². The molecule has 0 saturated heterocycles. The van der Waals surface area contributed by atoms with Crippen molar-refractivity contribution in [3.05, 3.63) is 85.1 Å². The number of ether oxygens (including phenoxy) is 2. The summed E-state index contributed by atoms with van der Waals surface area (Å²) in [5, 5.41) is 0. The summed E-state index contributed by atoms with van der Waals surface area (Å²) < 4.78 is 42.8. The van der Waals surface area contributed by atoms with Gasteiger partial charge in [0.15, 0.2) is 5.78 Å². The Bertz CT molecular complexity index is 1060. The van der Waals surface area contributed by atoms with E-state index < -0.39 is 6.61 Å². The summed E-state index contributed by atoms with van der Waals surface area (Å²) in [6, 6.07) is 12.8. The summed E-state index contributed by atoms with van der Waals surface area (Å²) in [7, 11) is 0. The molecule has 3 aromatic rings. The van der Waals surface area contributed by atoms with Crippen LogP contribution in [0.4, 0.5) is 8.78 Å². The van der Waals surface area contributed by atoms with Gasteiger partial charge in [0.25, 0.3) is 0 Å². The summed E-state index contributed by atoms with van der Waals surface area (Å²) in [6.45, 7) is -2.76. The van der Waals surface area contributed by atoms with Crippen molar-refractivity contribution in [2.75, 3.05) is 0 Å². The fourth-order valence-electron chi connectivity index (χ4n) is 2.45. The van der Waals surface area contributed by atoms with Gasteiger partial charge in [0.1, 0.15) is 29.6 Å². The first kappa shape index (κ1) is 22.7. The van der Waals surface area contributed by atoms with E-state index in [0.29, 0.717) is 17.3 Å². The van der Waals surface area contributed by atoms with Crippen molar-refractivity contribution in [1.82, 2.24) is 0 Å². The average Bonchev–Trinajstić information content (AvgIpc) is 3.13. The van der Waals surface area contributed by atoms with Gasteiger partial charge in [-0.05, 0) is 80.4 Å². The number of hydrogen-bond donors (Lipinski definition) is 0. The van der Waals surface area contributed by atoms with Gasteiger partial charge in [-0.1, -0.05) is 28.1 Å². The molecular formula is C21H13Br3F2O4. The molecule has 9 heteroatoms. The Balaban J connectivity index is 1.63. The van der Waals surface area contributed by atoms with Gasteiger partial charge in [-0.2, -0.15) is 8.78 Å². The van der Waals surface area contributed by atoms with Crippen molar-refractivity contribution < 1.29 is 27.5 Å². The van der Waals surface area contributed by atoms with Gasteiger partial charge in [-0.3, -0.25) is 4.79 Å². The van der Waals surface area contributed by atoms with Gasteiger partial charge < -0.3 is 13.9 Å². The van der Waals surface area contributed by atoms with Crippen LogP contribution in [0.3, 0.4) is 0 Å². The van der Waals surface area contributed by atoms with Crippen molar-refractivity contribution in [1.29, 1.82) is 0 Å². The maximum atomic E-state index is 12.3. The van der Waals surface area contributed by atoms with Gasteiger partial charge in [0.05, 0.1) is 8.95 Å². The Morgan fingerprint density at radius 3 is 2.50 bits per heavy atom. The second-order valence-corrected chi connectivity index (χ2v) is 8.52. The summed E-state index contributed by atoms with van der Waals surface area (Å²) in [5.74, 6) is 1.21. The molecule has 4 nitrogen and oxygen atoms in total. The van der Waals surface area contributed by atoms with Crippen LogP contribution >= 0.6 is 47.8 Å². The highest BCUT2D eigenvalue weighted by Gasteiger charge is 2.11. The highest BCUT2D eigenvalue weighted by molar-refractivity contribution is 9.11. The number of furan rings is 1. The number of benzene rings is 2. The number of allylic oxidation sites excluding steroid dienone is 1. The Labute approximate surface area is 196 Å². The van der Waals surface area contributed by atoms with Crippen LogP contribution in [0.5, 0.6) is 11.5 Å². The highest BCUT2D eigenvalue weighted by atomic mass is 79.9. The van der Waals surface area contributed by atoms with Crippen LogP contribution < -0.4 is 9.47 Å². The molecule has 0 N–H and O–H groups in total. The number of halogens is 5. The van der Waals surface area contributed by atoms with Crippen LogP contribution in [0.25, 0.3) is 6.08 Å². The molecule has 0 aliphatic rings. The molecule has 0 saturated carbocycles. The molecular weight excluding hydrogens is 594 g/mol. The molecule has 1 heterocycles. The lowest BCUT2D eigenvalue weighted by Crippen LogP contribution is -2.03. The minimum atomic E-state index is -2.95. The second-order valence-electron chi connectivity index (χ2n) is 5.90. The summed E-state index contributed by atoms with van der Waals surface area (Å²) in [5.41, 5.74) is 0.226. The standard InChI is InChI=1S/C21H13Br3F2O4/c22-13-9-17(23)20(18(24)10-13)28-11-16-5-4-14(29-16)6-7-19(27)12-2-1-3-15(8-12)30-21(25)26/h1-10,21H,11H2/b7-6+. The van der Waals surface area contributed by atoms with Crippen LogP contribution in [0, 0.1) is 0 Å². The third-order valence-corrected chi connectivity index (χ3v) is 5.38. The van der Waals surface area contributed by atoms with E-state index >= 15 is 0 Å². The summed E-state index contributed by atoms with van der Waals surface area (Å²) in [6.07, 6.45) is 2.80. The molecule has 0 spiro atoms. The summed E-state index contributed by atoms with van der Waals surface area (Å²) >= 11 is 10.3. The van der Waals surface area contributed by atoms with E-state index in [1.807, 2.05) is 12.1 Å². The molecule has 1 aromatic heterocycles. The lowest BCUT2D eigenvalue weighted by atomic mass is 10.1. The third-order valence-electron chi connectivity index (χ3n) is 3.75. The number of carbonyl (C=O) groups is 1. The quantitative estimate of drug-likeness (QED) is 0.195. The maximum absolute atomic E-state index is 12.3. The Kier molecular flexibility index (Phi) is 7.85. The van der Waals surface area contributed by atoms with Crippen LogP contribution in [-0.4, -0.2) is 12.4 Å². The Hall–Kier alpha value is -1.97. The number of rotatable bonds is 8. The monoisotopic (exact) mass is 604 g/mol. The SMILES string of the molecule is O=C(/C=C/c1ccc(COc2c(Br)cc(Br)cc2Br)o1)c1cccc(OC(F)F)c1. The normalized spacial score (nSPS) is 11.3. The fourth-order valence-corrected chi connectivity index (χ4v) is 4.94. The zero-order chi connectivity index (χ0) is 21.7. The summed E-state index contributed by atoms with van der Waals surface area (Å²) in [4.78, 5) is 12.3. The molecule has 0 fully saturated rings. The zero-order valence-electron chi connectivity index (χ0n) is 15.1. The van der Waals surface area contributed by atoms with Crippen molar-refractivity contribution in [3.63, 3.8) is 0 Å². The number of ketones is 1. The van der Waals surface area contributed by atoms with Crippen LogP contribution in [0.2, 0.25) is 0 Å². The van der Waals surface area contributed by atoms with Crippen LogP contribution in [-0.2, 0) is 6.61 Å². The predicted octanol–water partition coefficient (Wildman–Crippen LogP) is 7.64. The lowest BCUT2D eigenvalue weighted by molar-refractivity contribution is -0.0498. The van der Waals surface area contributed by atoms with Crippen LogP contribution in [0.1, 0.15) is 21.9 Å². The van der Waals surface area contributed by atoms with Crippen molar-refractivity contribution >= 4 is 59.6 Å². The van der Waals surface area contributed by atoms with Gasteiger partial charge in [-0.25, -0.2) is 0 Å². The van der Waals surface area contributed by atoms with Crippen molar-refractivity contribution in [2.45, 2.75) is 13.2 Å². The third kappa shape index (κ3) is 6.26. The van der Waals surface area contributed by atoms with Crippen molar-refractivity contribution in [3.8, 4) is 11.5 Å². The number of hydrogen-bond acceptors (Lipinski definition) is 4. The first-order chi connectivity index (χ1) is 14.3. The largest absolute Gasteiger partial charge is 0.483 e. The van der Waals surface area contributed by atoms with E-state index in [0.717, 1.165) is 13.4 Å². The topological polar surface area (TPSA) is 48.7 Å². The molecule has 30 heavy (non-hydrogen) atoms. The first-order valence-corrected chi connectivity index (χ1v) is 10.8. The van der Waals surface area contributed by atoms with Crippen LogP contribution in [0.15, 0.2) is 72.4 Å². The molecule has 0 unspecified atom stereocenters. The molecule has 0 radical (unpaired) electrons. The molecule has 0 amide bonds. The van der Waals surface area contributed by atoms with Gasteiger partial charge in [0, 0.05) is 10.0 Å². The predicted molar refractivity (Wildman–Crippen MR) is 119 cm³/mol. The minimum Gasteiger partial charge on any atom is -0.483 e. The van der Waals surface area contributed by atoms with E-state index in [1.54, 1.807) is 12.1 Å². The zero-order valence-corrected chi connectivity index (χ0v) is 19.8. The fraction of sp³-hybridized carbons (Fsp3) is 0.0952. The van der Waals surface area contributed by atoms with Gasteiger partial charge in [-0.15, -0.1) is 0 Å². The molecule has 156 valence electrons. The van der Waals surface area contributed by atoms with E-state index in [1.165, 1.54) is 36.4 Å². The Morgan fingerprint density at radius 2 is 1.80 bits per heavy atom. The second kappa shape index (κ2) is 10.4. The van der Waals surface area contributed by atoms with Crippen molar-refractivity contribution in [2.24, 2.45) is 0 Å². The minimum absolute atomic E-state index is 0.0769. The first-order valence-electron chi connectivity index (χ1n) is 8.45. The highest BCUT2D eigenvalue weighted by Crippen LogP contribution is 2.37. The van der Waals surface area contributed by atoms with Gasteiger partial charge >= 0.3 is 6.61 Å². The molecule has 0 bridgehead atoms. The molecule has 0 atom stereocenters. The molecule has 3 rings (SSSR count). The Morgan fingerprint density at radius 1 is 1.07 bits per heavy atom. The van der Waals surface area contributed by atoms with E-state index in [-0.39, 0.29) is 23.7 Å². The number of carbonyl (C=O) groups excluding carboxylic acids is 1. The number of alkyl halides is 2. The van der Waals surface area contributed by atoms with E-state index in [4.69, 9.17) is 9.15 Å². The molecule has 0 aliphatic heterocycles. The average molecular weight is 607 g/mol. The smallest absolute Gasteiger partial charge is 0.387 e. The molecule has 2 aromatic carbocycles. The van der Waals surface area contributed by atoms with E-state index in [2.05, 4.69) is 52.5 Å². The maximum Gasteiger partial charge on any atom is 0.387 e. The van der Waals surface area contributed by atoms with Gasteiger partial charge in [0.2, 0.25) is 0 Å². The lowest BCUT2D eigenvalue weighted by Gasteiger charge is -2.09.